The first-order valence-electron chi connectivity index (χ1n) is 5.08. The van der Waals surface area contributed by atoms with Gasteiger partial charge in [0.05, 0.1) is 11.7 Å². The van der Waals surface area contributed by atoms with Crippen molar-refractivity contribution in [2.75, 3.05) is 5.32 Å². The Balaban J connectivity index is 2.30. The van der Waals surface area contributed by atoms with E-state index >= 15 is 0 Å². The van der Waals surface area contributed by atoms with E-state index in [9.17, 15) is 18.0 Å². The van der Waals surface area contributed by atoms with E-state index in [1.165, 1.54) is 6.07 Å². The Kier molecular flexibility index (Phi) is 2.95. The maximum absolute atomic E-state index is 12.6. The Morgan fingerprint density at radius 1 is 1.29 bits per heavy atom. The molecule has 0 bridgehead atoms. The van der Waals surface area contributed by atoms with Crippen LogP contribution in [0.15, 0.2) is 18.2 Å². The third-order valence-corrected chi connectivity index (χ3v) is 2.29. The van der Waals surface area contributed by atoms with E-state index < -0.39 is 11.7 Å². The molecule has 2 rings (SSSR count). The fourth-order valence-electron chi connectivity index (χ4n) is 1.36. The molecular weight excluding hydrogens is 235 g/mol. The van der Waals surface area contributed by atoms with Crippen molar-refractivity contribution >= 4 is 12.1 Å². The maximum atomic E-state index is 12.6. The van der Waals surface area contributed by atoms with Gasteiger partial charge in [-0.15, -0.1) is 0 Å². The molecule has 1 saturated carbocycles. The molecule has 1 amide bonds. The van der Waals surface area contributed by atoms with Gasteiger partial charge in [-0.3, -0.25) is 4.79 Å². The molecule has 92 valence electrons. The molecule has 6 heteroatoms. The molecule has 1 N–H and O–H groups in total. The maximum Gasteiger partial charge on any atom is 0.416 e. The number of anilines is 1. The van der Waals surface area contributed by atoms with Crippen molar-refractivity contribution in [2.24, 2.45) is 0 Å². The highest BCUT2D eigenvalue weighted by atomic mass is 19.4. The van der Waals surface area contributed by atoms with E-state index in [4.69, 9.17) is 4.74 Å². The lowest BCUT2D eigenvalue weighted by atomic mass is 10.2. The van der Waals surface area contributed by atoms with E-state index in [-0.39, 0.29) is 17.5 Å². The predicted octanol–water partition coefficient (Wildman–Crippen LogP) is 2.81. The zero-order chi connectivity index (χ0) is 12.5. The number of carbonyl (C=O) groups is 1. The van der Waals surface area contributed by atoms with Crippen LogP contribution < -0.4 is 10.1 Å². The minimum Gasteiger partial charge on any atom is -0.490 e. The minimum atomic E-state index is -4.46. The smallest absolute Gasteiger partial charge is 0.416 e. The third kappa shape index (κ3) is 3.12. The fraction of sp³-hybridized carbons (Fsp3) is 0.364. The lowest BCUT2D eigenvalue weighted by molar-refractivity contribution is -0.137. The highest BCUT2D eigenvalue weighted by Gasteiger charge is 2.32. The van der Waals surface area contributed by atoms with Crippen LogP contribution in [-0.2, 0) is 11.0 Å². The monoisotopic (exact) mass is 245 g/mol. The number of hydrogen-bond acceptors (Lipinski definition) is 2. The Bertz CT molecular complexity index is 427. The molecule has 0 radical (unpaired) electrons. The van der Waals surface area contributed by atoms with Gasteiger partial charge in [0, 0.05) is 11.8 Å². The number of halogens is 3. The van der Waals surface area contributed by atoms with Crippen molar-refractivity contribution in [1.29, 1.82) is 0 Å². The number of ether oxygens (including phenoxy) is 1. The van der Waals surface area contributed by atoms with E-state index in [1.54, 1.807) is 0 Å². The van der Waals surface area contributed by atoms with Crippen LogP contribution >= 0.6 is 0 Å². The molecule has 0 aliphatic heterocycles. The van der Waals surface area contributed by atoms with Gasteiger partial charge >= 0.3 is 6.18 Å². The Morgan fingerprint density at radius 2 is 2.00 bits per heavy atom. The van der Waals surface area contributed by atoms with Crippen LogP contribution in [0.5, 0.6) is 5.75 Å². The van der Waals surface area contributed by atoms with Crippen LogP contribution in [0.2, 0.25) is 0 Å². The first-order valence-corrected chi connectivity index (χ1v) is 5.08. The summed E-state index contributed by atoms with van der Waals surface area (Å²) in [4.78, 5) is 10.2. The number of hydrogen-bond donors (Lipinski definition) is 1. The second kappa shape index (κ2) is 4.27. The Hall–Kier alpha value is -1.72. The quantitative estimate of drug-likeness (QED) is 0.828. The second-order valence-electron chi connectivity index (χ2n) is 3.82. The fourth-order valence-corrected chi connectivity index (χ4v) is 1.36. The number of amides is 1. The van der Waals surface area contributed by atoms with Crippen LogP contribution in [0.3, 0.4) is 0 Å². The zero-order valence-electron chi connectivity index (χ0n) is 8.75. The van der Waals surface area contributed by atoms with E-state index in [1.807, 2.05) is 0 Å². The van der Waals surface area contributed by atoms with Crippen molar-refractivity contribution in [1.82, 2.24) is 0 Å². The van der Waals surface area contributed by atoms with Crippen LogP contribution in [0.25, 0.3) is 0 Å². The standard InChI is InChI=1S/C11H10F3NO2/c12-11(13,14)7-3-8(15-6-16)5-10(4-7)17-9-1-2-9/h3-6,9H,1-2H2,(H,15,16). The summed E-state index contributed by atoms with van der Waals surface area (Å²) < 4.78 is 43.0. The van der Waals surface area contributed by atoms with Crippen LogP contribution in [0.1, 0.15) is 18.4 Å². The van der Waals surface area contributed by atoms with Crippen molar-refractivity contribution in [2.45, 2.75) is 25.1 Å². The van der Waals surface area contributed by atoms with Crippen molar-refractivity contribution in [3.8, 4) is 5.75 Å². The van der Waals surface area contributed by atoms with Crippen molar-refractivity contribution in [3.63, 3.8) is 0 Å². The molecular formula is C11H10F3NO2. The molecule has 1 aromatic carbocycles. The molecule has 1 aromatic rings. The molecule has 0 saturated heterocycles. The summed E-state index contributed by atoms with van der Waals surface area (Å²) in [6.45, 7) is 0. The zero-order valence-corrected chi connectivity index (χ0v) is 8.75. The highest BCUT2D eigenvalue weighted by Crippen LogP contribution is 2.36. The van der Waals surface area contributed by atoms with Crippen molar-refractivity contribution < 1.29 is 22.7 Å². The van der Waals surface area contributed by atoms with Gasteiger partial charge in [-0.05, 0) is 25.0 Å². The van der Waals surface area contributed by atoms with Gasteiger partial charge in [0.2, 0.25) is 6.41 Å². The molecule has 0 unspecified atom stereocenters. The summed E-state index contributed by atoms with van der Waals surface area (Å²) in [5, 5.41) is 2.19. The number of rotatable bonds is 4. The van der Waals surface area contributed by atoms with Gasteiger partial charge in [-0.1, -0.05) is 0 Å². The molecule has 17 heavy (non-hydrogen) atoms. The summed E-state index contributed by atoms with van der Waals surface area (Å²) in [7, 11) is 0. The minimum absolute atomic E-state index is 0.00237. The number of nitrogens with one attached hydrogen (secondary N) is 1. The molecule has 0 atom stereocenters. The van der Waals surface area contributed by atoms with Gasteiger partial charge < -0.3 is 10.1 Å². The SMILES string of the molecule is O=CNc1cc(OC2CC2)cc(C(F)(F)F)c1. The average Bonchev–Trinajstić information content (AvgIpc) is 3.00. The molecule has 0 heterocycles. The molecule has 3 nitrogen and oxygen atoms in total. The summed E-state index contributed by atoms with van der Waals surface area (Å²) in [6.07, 6.45) is -2.42. The van der Waals surface area contributed by atoms with Gasteiger partial charge in [-0.25, -0.2) is 0 Å². The summed E-state index contributed by atoms with van der Waals surface area (Å²) >= 11 is 0. The average molecular weight is 245 g/mol. The van der Waals surface area contributed by atoms with Gasteiger partial charge in [0.15, 0.2) is 0 Å². The van der Waals surface area contributed by atoms with Gasteiger partial charge in [0.1, 0.15) is 5.75 Å². The van der Waals surface area contributed by atoms with Gasteiger partial charge in [-0.2, -0.15) is 13.2 Å². The summed E-state index contributed by atoms with van der Waals surface area (Å²) in [5.41, 5.74) is -0.759. The van der Waals surface area contributed by atoms with E-state index in [2.05, 4.69) is 5.32 Å². The lowest BCUT2D eigenvalue weighted by Crippen LogP contribution is -2.07. The number of benzene rings is 1. The Morgan fingerprint density at radius 3 is 2.53 bits per heavy atom. The topological polar surface area (TPSA) is 38.3 Å². The molecule has 1 fully saturated rings. The van der Waals surface area contributed by atoms with Crippen molar-refractivity contribution in [3.05, 3.63) is 23.8 Å². The van der Waals surface area contributed by atoms with Gasteiger partial charge in [0.25, 0.3) is 0 Å². The molecule has 1 aliphatic carbocycles. The summed E-state index contributed by atoms with van der Waals surface area (Å²) in [5.74, 6) is 0.131. The van der Waals surface area contributed by atoms with Crippen LogP contribution in [0.4, 0.5) is 18.9 Å². The lowest BCUT2D eigenvalue weighted by Gasteiger charge is -2.12. The van der Waals surface area contributed by atoms with E-state index in [0.29, 0.717) is 6.41 Å². The first kappa shape index (κ1) is 11.8. The molecule has 1 aliphatic rings. The molecule has 0 aromatic heterocycles. The highest BCUT2D eigenvalue weighted by molar-refractivity contribution is 5.72. The Labute approximate surface area is 95.6 Å². The predicted molar refractivity (Wildman–Crippen MR) is 54.8 cm³/mol. The first-order chi connectivity index (χ1) is 7.99. The van der Waals surface area contributed by atoms with Crippen LogP contribution in [0, 0.1) is 0 Å². The largest absolute Gasteiger partial charge is 0.490 e. The number of carbonyl (C=O) groups excluding carboxylic acids is 1. The van der Waals surface area contributed by atoms with Crippen LogP contribution in [-0.4, -0.2) is 12.5 Å². The molecule has 0 spiro atoms. The number of alkyl halides is 3. The second-order valence-corrected chi connectivity index (χ2v) is 3.82. The normalized spacial score (nSPS) is 15.5. The third-order valence-electron chi connectivity index (χ3n) is 2.29. The van der Waals surface area contributed by atoms with E-state index in [0.717, 1.165) is 25.0 Å². The summed E-state index contributed by atoms with van der Waals surface area (Å²) in [6, 6.07) is 3.18.